The average molecular weight is 197 g/mol. The molecule has 0 spiro atoms. The van der Waals surface area contributed by atoms with Gasteiger partial charge in [-0.1, -0.05) is 27.7 Å². The molecular formula is C10H19N3O. The predicted octanol–water partition coefficient (Wildman–Crippen LogP) is 1.94. The van der Waals surface area contributed by atoms with Crippen LogP contribution in [0.4, 0.5) is 0 Å². The van der Waals surface area contributed by atoms with Gasteiger partial charge in [-0.05, 0) is 12.5 Å². The van der Waals surface area contributed by atoms with Crippen LogP contribution in [0.25, 0.3) is 0 Å². The highest BCUT2D eigenvalue weighted by Gasteiger charge is 2.00. The Labute approximate surface area is 85.6 Å². The summed E-state index contributed by atoms with van der Waals surface area (Å²) in [6.45, 7) is 9.84. The van der Waals surface area contributed by atoms with Gasteiger partial charge < -0.3 is 5.73 Å². The van der Waals surface area contributed by atoms with Crippen molar-refractivity contribution in [3.8, 4) is 0 Å². The summed E-state index contributed by atoms with van der Waals surface area (Å²) in [5, 5.41) is 0. The first-order valence-corrected chi connectivity index (χ1v) is 4.78. The van der Waals surface area contributed by atoms with Crippen molar-refractivity contribution in [3.05, 3.63) is 23.8 Å². The maximum absolute atomic E-state index is 10.4. The van der Waals surface area contributed by atoms with E-state index in [1.54, 1.807) is 12.4 Å². The van der Waals surface area contributed by atoms with Crippen LogP contribution in [-0.2, 0) is 0 Å². The molecule has 0 saturated carbocycles. The largest absolute Gasteiger partial charge is 0.363 e. The molecular weight excluding hydrogens is 178 g/mol. The van der Waals surface area contributed by atoms with E-state index in [1.807, 2.05) is 34.6 Å². The van der Waals surface area contributed by atoms with E-state index >= 15 is 0 Å². The van der Waals surface area contributed by atoms with Crippen molar-refractivity contribution in [2.45, 2.75) is 34.6 Å². The molecule has 0 atom stereocenters. The Hall–Kier alpha value is -1.45. The summed E-state index contributed by atoms with van der Waals surface area (Å²) in [7, 11) is 0. The van der Waals surface area contributed by atoms with Crippen molar-refractivity contribution < 1.29 is 4.79 Å². The predicted molar refractivity (Wildman–Crippen MR) is 58.0 cm³/mol. The molecule has 0 aliphatic heterocycles. The van der Waals surface area contributed by atoms with E-state index < -0.39 is 5.91 Å². The van der Waals surface area contributed by atoms with Crippen LogP contribution in [0.3, 0.4) is 0 Å². The summed E-state index contributed by atoms with van der Waals surface area (Å²) in [4.78, 5) is 17.8. The Bertz CT molecular complexity index is 244. The zero-order chi connectivity index (χ0) is 11.6. The minimum Gasteiger partial charge on any atom is -0.363 e. The van der Waals surface area contributed by atoms with Gasteiger partial charge in [-0.15, -0.1) is 0 Å². The Morgan fingerprint density at radius 2 is 1.50 bits per heavy atom. The second-order valence-corrected chi connectivity index (χ2v) is 1.95. The van der Waals surface area contributed by atoms with E-state index in [1.165, 1.54) is 0 Å². The second kappa shape index (κ2) is 9.64. The number of aryl methyl sites for hydroxylation is 1. The van der Waals surface area contributed by atoms with Gasteiger partial charge in [-0.3, -0.25) is 4.79 Å². The first-order valence-electron chi connectivity index (χ1n) is 4.78. The molecule has 0 radical (unpaired) electrons. The van der Waals surface area contributed by atoms with E-state index in [2.05, 4.69) is 9.97 Å². The van der Waals surface area contributed by atoms with E-state index in [-0.39, 0.29) is 5.82 Å². The number of nitrogens with two attached hydrogens (primary N) is 1. The van der Waals surface area contributed by atoms with Gasteiger partial charge in [0.05, 0.1) is 0 Å². The molecule has 0 fully saturated rings. The molecule has 0 aromatic carbocycles. The molecule has 0 aliphatic carbocycles. The number of rotatable bonds is 1. The van der Waals surface area contributed by atoms with Crippen LogP contribution in [0.2, 0.25) is 0 Å². The van der Waals surface area contributed by atoms with E-state index in [0.717, 1.165) is 5.56 Å². The lowest BCUT2D eigenvalue weighted by molar-refractivity contribution is 0.0990. The smallest absolute Gasteiger partial charge is 0.286 e. The lowest BCUT2D eigenvalue weighted by atomic mass is 10.4. The van der Waals surface area contributed by atoms with Crippen LogP contribution in [0, 0.1) is 6.92 Å². The van der Waals surface area contributed by atoms with Crippen molar-refractivity contribution in [2.24, 2.45) is 5.73 Å². The summed E-state index contributed by atoms with van der Waals surface area (Å²) in [6.07, 6.45) is 3.10. The molecule has 1 amide bonds. The van der Waals surface area contributed by atoms with Crippen LogP contribution >= 0.6 is 0 Å². The molecule has 1 heterocycles. The molecule has 1 aromatic rings. The highest BCUT2D eigenvalue weighted by Crippen LogP contribution is 1.91. The number of nitrogens with zero attached hydrogens (tertiary/aromatic N) is 2. The molecule has 14 heavy (non-hydrogen) atoms. The van der Waals surface area contributed by atoms with Crippen molar-refractivity contribution in [1.29, 1.82) is 0 Å². The number of primary amides is 1. The van der Waals surface area contributed by atoms with E-state index in [4.69, 9.17) is 5.73 Å². The van der Waals surface area contributed by atoms with Crippen molar-refractivity contribution in [1.82, 2.24) is 9.97 Å². The summed E-state index contributed by atoms with van der Waals surface area (Å²) in [5.41, 5.74) is 5.81. The molecule has 0 saturated heterocycles. The SMILES string of the molecule is CC.CC.Cc1cnc(C(N)=O)nc1. The van der Waals surface area contributed by atoms with Crippen molar-refractivity contribution >= 4 is 5.91 Å². The summed E-state index contributed by atoms with van der Waals surface area (Å²) >= 11 is 0. The van der Waals surface area contributed by atoms with Crippen LogP contribution in [-0.4, -0.2) is 15.9 Å². The highest BCUT2D eigenvalue weighted by molar-refractivity contribution is 5.88. The van der Waals surface area contributed by atoms with Gasteiger partial charge in [0.1, 0.15) is 0 Å². The zero-order valence-electron chi connectivity index (χ0n) is 9.53. The summed E-state index contributed by atoms with van der Waals surface area (Å²) in [6, 6.07) is 0. The number of hydrogen-bond donors (Lipinski definition) is 1. The third kappa shape index (κ3) is 6.11. The van der Waals surface area contributed by atoms with E-state index in [9.17, 15) is 4.79 Å². The first-order chi connectivity index (χ1) is 6.70. The lowest BCUT2D eigenvalue weighted by Gasteiger charge is -1.91. The molecule has 1 aromatic heterocycles. The normalized spacial score (nSPS) is 7.50. The molecule has 4 heteroatoms. The van der Waals surface area contributed by atoms with Crippen molar-refractivity contribution in [2.75, 3.05) is 0 Å². The van der Waals surface area contributed by atoms with Gasteiger partial charge in [-0.2, -0.15) is 0 Å². The monoisotopic (exact) mass is 197 g/mol. The van der Waals surface area contributed by atoms with Crippen LogP contribution < -0.4 is 5.73 Å². The Morgan fingerprint density at radius 1 is 1.14 bits per heavy atom. The number of amides is 1. The number of carbonyl (C=O) groups excluding carboxylic acids is 1. The van der Waals surface area contributed by atoms with Gasteiger partial charge in [0.2, 0.25) is 5.82 Å². The van der Waals surface area contributed by atoms with Crippen molar-refractivity contribution in [3.63, 3.8) is 0 Å². The highest BCUT2D eigenvalue weighted by atomic mass is 16.1. The Morgan fingerprint density at radius 3 is 1.79 bits per heavy atom. The minimum atomic E-state index is -0.597. The average Bonchev–Trinajstić information content (AvgIpc) is 2.24. The molecule has 1 rings (SSSR count). The maximum Gasteiger partial charge on any atom is 0.286 e. The molecule has 0 bridgehead atoms. The summed E-state index contributed by atoms with van der Waals surface area (Å²) in [5.74, 6) is -0.536. The minimum absolute atomic E-state index is 0.0607. The second-order valence-electron chi connectivity index (χ2n) is 1.95. The fourth-order valence-corrected chi connectivity index (χ4v) is 0.520. The van der Waals surface area contributed by atoms with Gasteiger partial charge in [0.15, 0.2) is 0 Å². The number of carbonyl (C=O) groups is 1. The maximum atomic E-state index is 10.4. The molecule has 80 valence electrons. The van der Waals surface area contributed by atoms with Gasteiger partial charge in [-0.25, -0.2) is 9.97 Å². The fourth-order valence-electron chi connectivity index (χ4n) is 0.520. The standard InChI is InChI=1S/C6H7N3O.2C2H6/c1-4-2-8-6(5(7)10)9-3-4;2*1-2/h2-3H,1H3,(H2,7,10);2*1-2H3. The van der Waals surface area contributed by atoms with Crippen LogP contribution in [0.1, 0.15) is 43.9 Å². The third-order valence-electron chi connectivity index (χ3n) is 1.00. The van der Waals surface area contributed by atoms with Gasteiger partial charge in [0.25, 0.3) is 5.91 Å². The van der Waals surface area contributed by atoms with Gasteiger partial charge >= 0.3 is 0 Å². The molecule has 2 N–H and O–H groups in total. The van der Waals surface area contributed by atoms with Crippen LogP contribution in [0.15, 0.2) is 12.4 Å². The quantitative estimate of drug-likeness (QED) is 0.748. The number of hydrogen-bond acceptors (Lipinski definition) is 3. The first kappa shape index (κ1) is 15.0. The molecule has 4 nitrogen and oxygen atoms in total. The Balaban J connectivity index is 0. The molecule has 0 unspecified atom stereocenters. The molecule has 0 aliphatic rings. The van der Waals surface area contributed by atoms with Gasteiger partial charge in [0, 0.05) is 12.4 Å². The Kier molecular flexibility index (Phi) is 10.4. The zero-order valence-corrected chi connectivity index (χ0v) is 9.53. The van der Waals surface area contributed by atoms with Crippen LogP contribution in [0.5, 0.6) is 0 Å². The third-order valence-corrected chi connectivity index (χ3v) is 1.00. The fraction of sp³-hybridized carbons (Fsp3) is 0.500. The lowest BCUT2D eigenvalue weighted by Crippen LogP contribution is -2.14. The number of aromatic nitrogens is 2. The van der Waals surface area contributed by atoms with E-state index in [0.29, 0.717) is 0 Å². The summed E-state index contributed by atoms with van der Waals surface area (Å²) < 4.78 is 0. The topological polar surface area (TPSA) is 68.9 Å².